The van der Waals surface area contributed by atoms with Crippen molar-refractivity contribution in [3.63, 3.8) is 0 Å². The highest BCUT2D eigenvalue weighted by Gasteiger charge is 2.40. The molecule has 1 aliphatic rings. The zero-order chi connectivity index (χ0) is 13.3. The molecule has 0 unspecified atom stereocenters. The second-order valence-corrected chi connectivity index (χ2v) is 7.42. The van der Waals surface area contributed by atoms with Gasteiger partial charge in [-0.15, -0.1) is 0 Å². The Labute approximate surface area is 104 Å². The highest BCUT2D eigenvalue weighted by molar-refractivity contribution is 7.87. The predicted octanol–water partition coefficient (Wildman–Crippen LogP) is 0.856. The highest BCUT2D eigenvalue weighted by Crippen LogP contribution is 2.23. The topological polar surface area (TPSA) is 69.6 Å². The minimum Gasteiger partial charge on any atom is -0.389 e. The molecule has 0 aromatic carbocycles. The van der Waals surface area contributed by atoms with Crippen LogP contribution in [0.5, 0.6) is 0 Å². The fourth-order valence-corrected chi connectivity index (χ4v) is 3.38. The maximum Gasteiger partial charge on any atom is 0.280 e. The Morgan fingerprint density at radius 2 is 1.53 bits per heavy atom. The van der Waals surface area contributed by atoms with E-state index in [9.17, 15) is 13.5 Å². The number of nitrogens with zero attached hydrogens (tertiary/aromatic N) is 1. The van der Waals surface area contributed by atoms with Crippen molar-refractivity contribution in [2.24, 2.45) is 0 Å². The summed E-state index contributed by atoms with van der Waals surface area (Å²) in [6.07, 6.45) is 2.90. The molecule has 0 aromatic heterocycles. The molecule has 0 saturated carbocycles. The van der Waals surface area contributed by atoms with E-state index < -0.39 is 21.3 Å². The minimum atomic E-state index is -3.50. The van der Waals surface area contributed by atoms with Gasteiger partial charge in [-0.1, -0.05) is 6.42 Å². The van der Waals surface area contributed by atoms with Crippen LogP contribution in [0.2, 0.25) is 0 Å². The third-order valence-corrected chi connectivity index (χ3v) is 5.38. The summed E-state index contributed by atoms with van der Waals surface area (Å²) in [5.41, 5.74) is -2.01. The van der Waals surface area contributed by atoms with Gasteiger partial charge < -0.3 is 5.11 Å². The SMILES string of the molecule is CC(C)(O)C(C)(C)NS(=O)(=O)N1CCCCC1. The third-order valence-electron chi connectivity index (χ3n) is 3.57. The van der Waals surface area contributed by atoms with Gasteiger partial charge in [0.05, 0.1) is 11.1 Å². The van der Waals surface area contributed by atoms with Crippen LogP contribution in [0.1, 0.15) is 47.0 Å². The van der Waals surface area contributed by atoms with Crippen LogP contribution < -0.4 is 4.72 Å². The third kappa shape index (κ3) is 3.64. The van der Waals surface area contributed by atoms with Crippen molar-refractivity contribution in [3.05, 3.63) is 0 Å². The average molecular weight is 264 g/mol. The standard InChI is InChI=1S/C11H24N2O3S/c1-10(2,11(3,4)14)12-17(15,16)13-8-6-5-7-9-13/h12,14H,5-9H2,1-4H3. The van der Waals surface area contributed by atoms with Gasteiger partial charge >= 0.3 is 0 Å². The monoisotopic (exact) mass is 264 g/mol. The Morgan fingerprint density at radius 3 is 1.94 bits per heavy atom. The van der Waals surface area contributed by atoms with Gasteiger partial charge in [-0.05, 0) is 40.5 Å². The lowest BCUT2D eigenvalue weighted by molar-refractivity contribution is 0.00555. The summed E-state index contributed by atoms with van der Waals surface area (Å²) in [5.74, 6) is 0. The quantitative estimate of drug-likeness (QED) is 0.791. The van der Waals surface area contributed by atoms with Crippen molar-refractivity contribution >= 4 is 10.2 Å². The number of rotatable bonds is 4. The van der Waals surface area contributed by atoms with Gasteiger partial charge in [-0.3, -0.25) is 0 Å². The summed E-state index contributed by atoms with van der Waals surface area (Å²) in [5, 5.41) is 9.96. The molecule has 0 spiro atoms. The van der Waals surface area contributed by atoms with Crippen LogP contribution in [0.3, 0.4) is 0 Å². The van der Waals surface area contributed by atoms with E-state index in [1.807, 2.05) is 0 Å². The van der Waals surface area contributed by atoms with E-state index in [1.165, 1.54) is 4.31 Å². The molecule has 1 rings (SSSR count). The molecule has 6 heteroatoms. The summed E-state index contributed by atoms with van der Waals surface area (Å²) in [7, 11) is -3.50. The molecule has 5 nitrogen and oxygen atoms in total. The maximum absolute atomic E-state index is 12.2. The second kappa shape index (κ2) is 4.84. The molecular weight excluding hydrogens is 240 g/mol. The minimum absolute atomic E-state index is 0.567. The molecule has 0 bridgehead atoms. The van der Waals surface area contributed by atoms with E-state index in [-0.39, 0.29) is 0 Å². The van der Waals surface area contributed by atoms with Gasteiger partial charge in [0.1, 0.15) is 0 Å². The molecule has 0 amide bonds. The lowest BCUT2D eigenvalue weighted by Crippen LogP contribution is -2.60. The van der Waals surface area contributed by atoms with Crippen molar-refractivity contribution in [3.8, 4) is 0 Å². The number of hydrogen-bond acceptors (Lipinski definition) is 3. The molecule has 1 aliphatic heterocycles. The van der Waals surface area contributed by atoms with Crippen molar-refractivity contribution in [2.45, 2.75) is 58.1 Å². The fraction of sp³-hybridized carbons (Fsp3) is 1.00. The van der Waals surface area contributed by atoms with Crippen molar-refractivity contribution in [1.82, 2.24) is 9.03 Å². The Kier molecular flexibility index (Phi) is 4.24. The zero-order valence-electron chi connectivity index (χ0n) is 11.2. The second-order valence-electron chi connectivity index (χ2n) is 5.75. The summed E-state index contributed by atoms with van der Waals surface area (Å²) in [6.45, 7) is 7.72. The van der Waals surface area contributed by atoms with Crippen molar-refractivity contribution < 1.29 is 13.5 Å². The number of nitrogens with one attached hydrogen (secondary N) is 1. The molecule has 1 saturated heterocycles. The van der Waals surface area contributed by atoms with Gasteiger partial charge in [0.25, 0.3) is 10.2 Å². The first-order valence-electron chi connectivity index (χ1n) is 6.08. The Hall–Kier alpha value is -0.170. The number of piperidine rings is 1. The van der Waals surface area contributed by atoms with Gasteiger partial charge in [0, 0.05) is 13.1 Å². The largest absolute Gasteiger partial charge is 0.389 e. The molecule has 102 valence electrons. The molecule has 0 aliphatic carbocycles. The summed E-state index contributed by atoms with van der Waals surface area (Å²) < 4.78 is 28.4. The van der Waals surface area contributed by atoms with E-state index >= 15 is 0 Å². The normalized spacial score (nSPS) is 20.5. The van der Waals surface area contributed by atoms with Crippen molar-refractivity contribution in [2.75, 3.05) is 13.1 Å². The van der Waals surface area contributed by atoms with Crippen molar-refractivity contribution in [1.29, 1.82) is 0 Å². The Balaban J connectivity index is 2.79. The summed E-state index contributed by atoms with van der Waals surface area (Å²) in [6, 6.07) is 0. The maximum atomic E-state index is 12.2. The molecule has 0 atom stereocenters. The van der Waals surface area contributed by atoms with Crippen LogP contribution in [0.15, 0.2) is 0 Å². The van der Waals surface area contributed by atoms with Gasteiger partial charge in [-0.25, -0.2) is 0 Å². The molecule has 1 fully saturated rings. The average Bonchev–Trinajstić information content (AvgIpc) is 2.15. The van der Waals surface area contributed by atoms with Gasteiger partial charge in [-0.2, -0.15) is 17.4 Å². The molecule has 0 radical (unpaired) electrons. The van der Waals surface area contributed by atoms with Gasteiger partial charge in [0.2, 0.25) is 0 Å². The Bertz CT molecular complexity index is 351. The first-order chi connectivity index (χ1) is 7.56. The Morgan fingerprint density at radius 1 is 1.06 bits per heavy atom. The van der Waals surface area contributed by atoms with Crippen LogP contribution in [-0.2, 0) is 10.2 Å². The lowest BCUT2D eigenvalue weighted by atomic mass is 9.87. The van der Waals surface area contributed by atoms with Crippen LogP contribution >= 0.6 is 0 Å². The number of aliphatic hydroxyl groups is 1. The molecular formula is C11H24N2O3S. The first-order valence-corrected chi connectivity index (χ1v) is 7.52. The highest BCUT2D eigenvalue weighted by atomic mass is 32.2. The van der Waals surface area contributed by atoms with Gasteiger partial charge in [0.15, 0.2) is 0 Å². The van der Waals surface area contributed by atoms with E-state index in [0.29, 0.717) is 13.1 Å². The molecule has 2 N–H and O–H groups in total. The zero-order valence-corrected chi connectivity index (χ0v) is 12.0. The molecule has 17 heavy (non-hydrogen) atoms. The molecule has 1 heterocycles. The predicted molar refractivity (Wildman–Crippen MR) is 67.9 cm³/mol. The van der Waals surface area contributed by atoms with Crippen LogP contribution in [0.25, 0.3) is 0 Å². The van der Waals surface area contributed by atoms with E-state index in [1.54, 1.807) is 27.7 Å². The number of hydrogen-bond donors (Lipinski definition) is 2. The van der Waals surface area contributed by atoms with E-state index in [2.05, 4.69) is 4.72 Å². The van der Waals surface area contributed by atoms with Crippen LogP contribution in [0, 0.1) is 0 Å². The first kappa shape index (κ1) is 14.9. The van der Waals surface area contributed by atoms with E-state index in [0.717, 1.165) is 19.3 Å². The lowest BCUT2D eigenvalue weighted by Gasteiger charge is -2.39. The smallest absolute Gasteiger partial charge is 0.280 e. The van der Waals surface area contributed by atoms with E-state index in [4.69, 9.17) is 0 Å². The summed E-state index contributed by atoms with van der Waals surface area (Å²) in [4.78, 5) is 0. The molecule has 0 aromatic rings. The fourth-order valence-electron chi connectivity index (χ4n) is 1.62. The van der Waals surface area contributed by atoms with Crippen LogP contribution in [-0.4, -0.2) is 42.1 Å². The summed E-state index contributed by atoms with van der Waals surface area (Å²) >= 11 is 0. The van der Waals surface area contributed by atoms with Crippen LogP contribution in [0.4, 0.5) is 0 Å².